The topological polar surface area (TPSA) is 133 Å². The molecule has 0 spiro atoms. The molecule has 26 heavy (non-hydrogen) atoms. The van der Waals surface area contributed by atoms with Gasteiger partial charge in [-0.3, -0.25) is 15.0 Å². The number of methoxy groups -OCH3 is 1. The van der Waals surface area contributed by atoms with Gasteiger partial charge in [0.15, 0.2) is 9.84 Å². The van der Waals surface area contributed by atoms with Crippen molar-refractivity contribution in [3.63, 3.8) is 0 Å². The number of hydrogen-bond acceptors (Lipinski definition) is 8. The Morgan fingerprint density at radius 3 is 2.42 bits per heavy atom. The van der Waals surface area contributed by atoms with Crippen LogP contribution in [0.25, 0.3) is 0 Å². The third kappa shape index (κ3) is 4.28. The van der Waals surface area contributed by atoms with E-state index >= 15 is 0 Å². The van der Waals surface area contributed by atoms with Crippen LogP contribution in [-0.4, -0.2) is 61.5 Å². The summed E-state index contributed by atoms with van der Waals surface area (Å²) >= 11 is 0. The number of likely N-dealkylation sites (tertiary alicyclic amines) is 1. The number of hydrogen-bond donors (Lipinski definition) is 0. The lowest BCUT2D eigenvalue weighted by Gasteiger charge is -2.22. The SMILES string of the molecule is COC(=O)[C@@H]1CC(S(C)(=O)=O)CN1C(=O)OC(c1ccccc1)[N+](=O)[O-]. The molecule has 1 aromatic rings. The van der Waals surface area contributed by atoms with Crippen LogP contribution in [0, 0.1) is 10.1 Å². The van der Waals surface area contributed by atoms with E-state index in [4.69, 9.17) is 4.74 Å². The number of nitro groups is 1. The van der Waals surface area contributed by atoms with Gasteiger partial charge in [0.2, 0.25) is 0 Å². The molecule has 1 aliphatic rings. The zero-order chi connectivity index (χ0) is 19.5. The molecule has 2 rings (SSSR count). The van der Waals surface area contributed by atoms with Crippen molar-refractivity contribution in [3.8, 4) is 0 Å². The summed E-state index contributed by atoms with van der Waals surface area (Å²) in [5.74, 6) is -0.814. The minimum Gasteiger partial charge on any atom is -0.467 e. The highest BCUT2D eigenvalue weighted by atomic mass is 32.2. The average molecular weight is 386 g/mol. The van der Waals surface area contributed by atoms with E-state index in [0.717, 1.165) is 18.3 Å². The highest BCUT2D eigenvalue weighted by molar-refractivity contribution is 7.91. The van der Waals surface area contributed by atoms with Crippen molar-refractivity contribution >= 4 is 21.9 Å². The largest absolute Gasteiger partial charge is 0.467 e. The fourth-order valence-electron chi connectivity index (χ4n) is 2.68. The number of sulfone groups is 1. The second kappa shape index (κ2) is 7.68. The Morgan fingerprint density at radius 1 is 1.31 bits per heavy atom. The predicted octanol–water partition coefficient (Wildman–Crippen LogP) is 0.759. The molecular formula is C15H18N2O8S. The fourth-order valence-corrected chi connectivity index (χ4v) is 3.65. The molecule has 1 fully saturated rings. The molecule has 0 N–H and O–H groups in total. The minimum absolute atomic E-state index is 0.138. The summed E-state index contributed by atoms with van der Waals surface area (Å²) in [5.41, 5.74) is 0.138. The zero-order valence-corrected chi connectivity index (χ0v) is 14.9. The molecule has 0 bridgehead atoms. The Kier molecular flexibility index (Phi) is 5.80. The highest BCUT2D eigenvalue weighted by Crippen LogP contribution is 2.27. The predicted molar refractivity (Wildman–Crippen MR) is 88.4 cm³/mol. The summed E-state index contributed by atoms with van der Waals surface area (Å²) in [7, 11) is -2.43. The quantitative estimate of drug-likeness (QED) is 0.313. The van der Waals surface area contributed by atoms with Gasteiger partial charge in [-0.2, -0.15) is 0 Å². The summed E-state index contributed by atoms with van der Waals surface area (Å²) in [6.07, 6.45) is -2.10. The van der Waals surface area contributed by atoms with E-state index in [1.807, 2.05) is 0 Å². The summed E-state index contributed by atoms with van der Waals surface area (Å²) < 4.78 is 33.1. The maximum absolute atomic E-state index is 12.4. The lowest BCUT2D eigenvalue weighted by atomic mass is 10.2. The first kappa shape index (κ1) is 19.6. The molecular weight excluding hydrogens is 368 g/mol. The minimum atomic E-state index is -3.53. The molecule has 142 valence electrons. The van der Waals surface area contributed by atoms with Gasteiger partial charge < -0.3 is 9.47 Å². The normalized spacial score (nSPS) is 21.1. The molecule has 1 aliphatic heterocycles. The molecule has 1 aromatic carbocycles. The fraction of sp³-hybridized carbons (Fsp3) is 0.467. The number of amides is 1. The van der Waals surface area contributed by atoms with Crippen molar-refractivity contribution in [1.82, 2.24) is 4.90 Å². The van der Waals surface area contributed by atoms with E-state index in [1.54, 1.807) is 18.2 Å². The van der Waals surface area contributed by atoms with Crippen LogP contribution < -0.4 is 0 Å². The van der Waals surface area contributed by atoms with Crippen LogP contribution in [0.4, 0.5) is 4.79 Å². The lowest BCUT2D eigenvalue weighted by molar-refractivity contribution is -0.575. The van der Waals surface area contributed by atoms with E-state index < -0.39 is 44.3 Å². The molecule has 0 aromatic heterocycles. The van der Waals surface area contributed by atoms with Gasteiger partial charge in [-0.1, -0.05) is 18.2 Å². The molecule has 11 heteroatoms. The van der Waals surface area contributed by atoms with Gasteiger partial charge in [-0.05, 0) is 18.6 Å². The Balaban J connectivity index is 2.24. The van der Waals surface area contributed by atoms with Gasteiger partial charge in [0.05, 0.1) is 22.8 Å². The Labute approximate surface area is 149 Å². The van der Waals surface area contributed by atoms with E-state index in [9.17, 15) is 28.1 Å². The number of carbonyl (C=O) groups is 2. The lowest BCUT2D eigenvalue weighted by Crippen LogP contribution is -2.42. The third-order valence-corrected chi connectivity index (χ3v) is 5.62. The van der Waals surface area contributed by atoms with Crippen molar-refractivity contribution in [3.05, 3.63) is 46.0 Å². The molecule has 10 nitrogen and oxygen atoms in total. The van der Waals surface area contributed by atoms with Crippen LogP contribution in [0.2, 0.25) is 0 Å². The Morgan fingerprint density at radius 2 is 1.92 bits per heavy atom. The second-order valence-electron chi connectivity index (χ2n) is 5.81. The van der Waals surface area contributed by atoms with Gasteiger partial charge in [0, 0.05) is 12.8 Å². The van der Waals surface area contributed by atoms with Gasteiger partial charge in [0.25, 0.3) is 0 Å². The first-order valence-electron chi connectivity index (χ1n) is 7.57. The summed E-state index contributed by atoms with van der Waals surface area (Å²) in [4.78, 5) is 35.7. The van der Waals surface area contributed by atoms with Crippen LogP contribution in [0.3, 0.4) is 0 Å². The maximum atomic E-state index is 12.4. The van der Waals surface area contributed by atoms with Gasteiger partial charge in [-0.15, -0.1) is 0 Å². The van der Waals surface area contributed by atoms with Crippen molar-refractivity contribution in [2.75, 3.05) is 19.9 Å². The van der Waals surface area contributed by atoms with E-state index in [0.29, 0.717) is 0 Å². The Hall–Kier alpha value is -2.69. The zero-order valence-electron chi connectivity index (χ0n) is 14.1. The number of rotatable bonds is 5. The smallest absolute Gasteiger partial charge is 0.416 e. The van der Waals surface area contributed by atoms with E-state index in [1.165, 1.54) is 12.1 Å². The van der Waals surface area contributed by atoms with Crippen molar-refractivity contribution in [1.29, 1.82) is 0 Å². The molecule has 1 amide bonds. The summed E-state index contributed by atoms with van der Waals surface area (Å²) in [5, 5.41) is 10.3. The third-order valence-electron chi connectivity index (χ3n) is 4.06. The first-order chi connectivity index (χ1) is 12.1. The second-order valence-corrected chi connectivity index (χ2v) is 8.14. The molecule has 0 aliphatic carbocycles. The van der Waals surface area contributed by atoms with Crippen LogP contribution in [-0.2, 0) is 24.1 Å². The van der Waals surface area contributed by atoms with E-state index in [2.05, 4.69) is 4.74 Å². The number of carbonyl (C=O) groups excluding carboxylic acids is 2. The average Bonchev–Trinajstić information content (AvgIpc) is 3.05. The number of nitrogens with zero attached hydrogens (tertiary/aromatic N) is 2. The summed E-state index contributed by atoms with van der Waals surface area (Å²) in [6.45, 7) is -0.309. The number of ether oxygens (including phenoxy) is 2. The number of benzene rings is 1. The Bertz CT molecular complexity index is 795. The highest BCUT2D eigenvalue weighted by Gasteiger charge is 2.46. The van der Waals surface area contributed by atoms with Crippen molar-refractivity contribution in [2.24, 2.45) is 0 Å². The van der Waals surface area contributed by atoms with Gasteiger partial charge in [0.1, 0.15) is 6.04 Å². The molecule has 3 atom stereocenters. The molecule has 2 unspecified atom stereocenters. The molecule has 1 saturated heterocycles. The maximum Gasteiger partial charge on any atom is 0.416 e. The monoisotopic (exact) mass is 386 g/mol. The van der Waals surface area contributed by atoms with Crippen LogP contribution in [0.15, 0.2) is 30.3 Å². The first-order valence-corrected chi connectivity index (χ1v) is 9.53. The van der Waals surface area contributed by atoms with Gasteiger partial charge in [-0.25, -0.2) is 18.0 Å². The van der Waals surface area contributed by atoms with Crippen LogP contribution in [0.1, 0.15) is 18.2 Å². The summed E-state index contributed by atoms with van der Waals surface area (Å²) in [6, 6.07) is 6.39. The number of esters is 1. The molecule has 0 saturated carbocycles. The molecule has 1 heterocycles. The van der Waals surface area contributed by atoms with Crippen molar-refractivity contribution in [2.45, 2.75) is 23.9 Å². The van der Waals surface area contributed by atoms with Crippen LogP contribution >= 0.6 is 0 Å². The van der Waals surface area contributed by atoms with E-state index in [-0.39, 0.29) is 18.5 Å². The standard InChI is InChI=1S/C15H18N2O8S/c1-24-14(18)12-8-11(26(2,22)23)9-16(12)15(19)25-13(17(20)21)10-6-4-3-5-7-10/h3-7,11-13H,8-9H2,1-2H3/t11?,12-,13?/m0/s1. The van der Waals surface area contributed by atoms with Crippen LogP contribution in [0.5, 0.6) is 0 Å². The molecule has 0 radical (unpaired) electrons. The van der Waals surface area contributed by atoms with Gasteiger partial charge >= 0.3 is 18.3 Å². The van der Waals surface area contributed by atoms with Crippen molar-refractivity contribution < 1.29 is 32.4 Å².